The van der Waals surface area contributed by atoms with Crippen molar-refractivity contribution < 1.29 is 9.59 Å². The van der Waals surface area contributed by atoms with E-state index in [-0.39, 0.29) is 16.5 Å². The molecule has 3 rings (SSSR count). The van der Waals surface area contributed by atoms with E-state index in [1.54, 1.807) is 11.8 Å². The van der Waals surface area contributed by atoms with Crippen LogP contribution < -0.4 is 21.7 Å². The molecule has 8 heteroatoms. The number of carbonyl (C=O) groups is 2. The lowest BCUT2D eigenvalue weighted by molar-refractivity contribution is -0.132. The molecule has 2 aromatic carbocycles. The van der Waals surface area contributed by atoms with Crippen molar-refractivity contribution >= 4 is 41.9 Å². The molecule has 0 fully saturated rings. The van der Waals surface area contributed by atoms with Crippen LogP contribution in [0.15, 0.2) is 59.5 Å². The fourth-order valence-corrected chi connectivity index (χ4v) is 5.08. The van der Waals surface area contributed by atoms with E-state index in [1.165, 1.54) is 11.8 Å². The average Bonchev–Trinajstić information content (AvgIpc) is 3.07. The molecule has 0 saturated heterocycles. The number of nitrogens with one attached hydrogen (secondary N) is 1. The van der Waals surface area contributed by atoms with Gasteiger partial charge in [0, 0.05) is 4.90 Å². The van der Waals surface area contributed by atoms with Gasteiger partial charge in [0.15, 0.2) is 0 Å². The summed E-state index contributed by atoms with van der Waals surface area (Å²) in [7, 11) is 0. The van der Waals surface area contributed by atoms with Crippen LogP contribution >= 0.6 is 24.4 Å². The molecule has 3 atom stereocenters. The van der Waals surface area contributed by atoms with Crippen LogP contribution in [0.3, 0.4) is 0 Å². The van der Waals surface area contributed by atoms with Crippen LogP contribution in [0.5, 0.6) is 0 Å². The number of amides is 2. The topological polar surface area (TPSA) is 101 Å². The number of nitrogens with zero attached hydrogens (tertiary/aromatic N) is 1. The number of anilines is 1. The van der Waals surface area contributed by atoms with Crippen molar-refractivity contribution in [2.24, 2.45) is 11.5 Å². The quantitative estimate of drug-likeness (QED) is 0.469. The predicted molar refractivity (Wildman–Crippen MR) is 126 cm³/mol. The van der Waals surface area contributed by atoms with Gasteiger partial charge in [-0.15, -0.1) is 12.6 Å². The van der Waals surface area contributed by atoms with Crippen LogP contribution in [0.4, 0.5) is 5.69 Å². The molecule has 1 heterocycles. The summed E-state index contributed by atoms with van der Waals surface area (Å²) >= 11 is 6.10. The normalized spacial score (nSPS) is 18.4. The maximum atomic E-state index is 13.6. The third-order valence-electron chi connectivity index (χ3n) is 5.18. The Balaban J connectivity index is 1.79. The summed E-state index contributed by atoms with van der Waals surface area (Å²) < 4.78 is -0.359. The second-order valence-corrected chi connectivity index (χ2v) is 9.56. The first kappa shape index (κ1) is 22.7. The molecule has 6 nitrogen and oxygen atoms in total. The molecule has 1 unspecified atom stereocenters. The van der Waals surface area contributed by atoms with Crippen LogP contribution in [0.25, 0.3) is 0 Å². The maximum absolute atomic E-state index is 13.6. The Morgan fingerprint density at radius 1 is 1.20 bits per heavy atom. The molecule has 30 heavy (non-hydrogen) atoms. The number of carbonyl (C=O) groups excluding carboxylic acids is 2. The lowest BCUT2D eigenvalue weighted by Crippen LogP contribution is -2.61. The van der Waals surface area contributed by atoms with Gasteiger partial charge in [0.05, 0.1) is 11.7 Å². The van der Waals surface area contributed by atoms with Crippen LogP contribution in [0.1, 0.15) is 25.3 Å². The molecule has 1 aliphatic heterocycles. The Kier molecular flexibility index (Phi) is 7.46. The first-order valence-corrected chi connectivity index (χ1v) is 11.3. The molecule has 5 N–H and O–H groups in total. The van der Waals surface area contributed by atoms with Gasteiger partial charge in [-0.25, -0.2) is 0 Å². The number of nitrogens with two attached hydrogens (primary N) is 2. The standard InChI is InChI=1S/C22H28N4O2S2/c1-22(12-7-13-23,25-19(27)16(24)14-15-8-3-2-4-9-15)20(28)26-17-10-5-6-11-18(17)30-21(26)29/h2-6,8-11,16,21,29H,7,12-14,23-24H2,1H3,(H,25,27)/t16-,21?,22+/m1/s1. The number of benzene rings is 2. The molecular formula is C22H28N4O2S2. The van der Waals surface area contributed by atoms with Gasteiger partial charge in [0.2, 0.25) is 5.91 Å². The van der Waals surface area contributed by atoms with Crippen molar-refractivity contribution in [3.63, 3.8) is 0 Å². The van der Waals surface area contributed by atoms with Gasteiger partial charge in [-0.2, -0.15) is 0 Å². The average molecular weight is 445 g/mol. The van der Waals surface area contributed by atoms with Crippen molar-refractivity contribution in [2.45, 2.75) is 47.4 Å². The van der Waals surface area contributed by atoms with E-state index in [9.17, 15) is 9.59 Å². The largest absolute Gasteiger partial charge is 0.341 e. The zero-order valence-corrected chi connectivity index (χ0v) is 18.7. The third-order valence-corrected chi connectivity index (χ3v) is 6.75. The first-order chi connectivity index (χ1) is 14.4. The Morgan fingerprint density at radius 2 is 1.87 bits per heavy atom. The van der Waals surface area contributed by atoms with E-state index in [0.717, 1.165) is 16.1 Å². The summed E-state index contributed by atoms with van der Waals surface area (Å²) in [6, 6.07) is 16.5. The summed E-state index contributed by atoms with van der Waals surface area (Å²) in [5.41, 5.74) is 12.5. The lowest BCUT2D eigenvalue weighted by atomic mass is 9.92. The molecule has 1 aliphatic rings. The molecule has 2 aromatic rings. The summed E-state index contributed by atoms with van der Waals surface area (Å²) in [6.45, 7) is 2.16. The van der Waals surface area contributed by atoms with Crippen molar-refractivity contribution in [2.75, 3.05) is 11.4 Å². The van der Waals surface area contributed by atoms with Gasteiger partial charge in [-0.1, -0.05) is 54.2 Å². The molecule has 2 amide bonds. The van der Waals surface area contributed by atoms with Crippen molar-refractivity contribution in [3.05, 3.63) is 60.2 Å². The molecule has 0 saturated carbocycles. The van der Waals surface area contributed by atoms with E-state index < -0.39 is 11.6 Å². The van der Waals surface area contributed by atoms with Gasteiger partial charge in [-0.3, -0.25) is 14.5 Å². The third kappa shape index (κ3) is 5.00. The predicted octanol–water partition coefficient (Wildman–Crippen LogP) is 2.52. The van der Waals surface area contributed by atoms with Crippen LogP contribution in [-0.2, 0) is 16.0 Å². The Morgan fingerprint density at radius 3 is 2.57 bits per heavy atom. The fourth-order valence-electron chi connectivity index (χ4n) is 3.52. The fraction of sp³-hybridized carbons (Fsp3) is 0.364. The van der Waals surface area contributed by atoms with Gasteiger partial charge in [-0.05, 0) is 50.4 Å². The summed E-state index contributed by atoms with van der Waals surface area (Å²) in [6.07, 6.45) is 1.40. The van der Waals surface area contributed by atoms with Crippen molar-refractivity contribution in [3.8, 4) is 0 Å². The molecule has 0 aromatic heterocycles. The molecule has 0 aliphatic carbocycles. The van der Waals surface area contributed by atoms with Gasteiger partial charge in [0.1, 0.15) is 10.2 Å². The van der Waals surface area contributed by atoms with E-state index in [2.05, 4.69) is 17.9 Å². The highest BCUT2D eigenvalue weighted by atomic mass is 32.2. The number of fused-ring (bicyclic) bond motifs is 1. The number of hydrogen-bond donors (Lipinski definition) is 4. The zero-order chi connectivity index (χ0) is 21.7. The zero-order valence-electron chi connectivity index (χ0n) is 17.0. The summed E-state index contributed by atoms with van der Waals surface area (Å²) in [4.78, 5) is 29.2. The molecule has 0 radical (unpaired) electrons. The lowest BCUT2D eigenvalue weighted by Gasteiger charge is -2.35. The van der Waals surface area contributed by atoms with Crippen LogP contribution in [0, 0.1) is 0 Å². The van der Waals surface area contributed by atoms with E-state index in [1.807, 2.05) is 54.6 Å². The van der Waals surface area contributed by atoms with Crippen LogP contribution in [-0.4, -0.2) is 34.6 Å². The SMILES string of the molecule is C[C@@](CCCN)(NC(=O)[C@H](N)Cc1ccccc1)C(=O)N1c2ccccc2SC1S. The number of hydrogen-bond acceptors (Lipinski definition) is 6. The van der Waals surface area contributed by atoms with E-state index in [0.29, 0.717) is 25.8 Å². The Labute approximate surface area is 187 Å². The smallest absolute Gasteiger partial charge is 0.254 e. The molecule has 0 spiro atoms. The van der Waals surface area contributed by atoms with Crippen molar-refractivity contribution in [1.29, 1.82) is 0 Å². The van der Waals surface area contributed by atoms with E-state index >= 15 is 0 Å². The monoisotopic (exact) mass is 444 g/mol. The molecular weight excluding hydrogens is 416 g/mol. The van der Waals surface area contributed by atoms with E-state index in [4.69, 9.17) is 11.5 Å². The minimum Gasteiger partial charge on any atom is -0.341 e. The number of rotatable bonds is 8. The molecule has 0 bridgehead atoms. The number of thioether (sulfide) groups is 1. The highest BCUT2D eigenvalue weighted by Gasteiger charge is 2.43. The highest BCUT2D eigenvalue weighted by Crippen LogP contribution is 2.45. The Hall–Kier alpha value is -2.00. The second-order valence-electron chi connectivity index (χ2n) is 7.60. The van der Waals surface area contributed by atoms with Crippen LogP contribution in [0.2, 0.25) is 0 Å². The van der Waals surface area contributed by atoms with Crippen molar-refractivity contribution in [1.82, 2.24) is 5.32 Å². The molecule has 160 valence electrons. The maximum Gasteiger partial charge on any atom is 0.254 e. The number of para-hydroxylation sites is 1. The van der Waals surface area contributed by atoms with Gasteiger partial charge in [0.25, 0.3) is 5.91 Å². The van der Waals surface area contributed by atoms with Gasteiger partial charge < -0.3 is 16.8 Å². The summed E-state index contributed by atoms with van der Waals surface area (Å²) in [5.74, 6) is -0.573. The summed E-state index contributed by atoms with van der Waals surface area (Å²) in [5, 5.41) is 2.92. The first-order valence-electron chi connectivity index (χ1n) is 9.95. The van der Waals surface area contributed by atoms with Gasteiger partial charge >= 0.3 is 0 Å². The number of thiol groups is 1. The second kappa shape index (κ2) is 9.87. The minimum atomic E-state index is -1.14. The minimum absolute atomic E-state index is 0.214. The Bertz CT molecular complexity index is 896. The highest BCUT2D eigenvalue weighted by molar-refractivity contribution is 8.11.